The molecule has 0 aliphatic heterocycles. The Morgan fingerprint density at radius 2 is 1.96 bits per heavy atom. The summed E-state index contributed by atoms with van der Waals surface area (Å²) in [4.78, 5) is 31.8. The largest absolute Gasteiger partial charge is 0.462 e. The minimum atomic E-state index is -0.393. The van der Waals surface area contributed by atoms with Crippen molar-refractivity contribution in [3.8, 4) is 0 Å². The van der Waals surface area contributed by atoms with Gasteiger partial charge in [0.2, 0.25) is 0 Å². The first-order chi connectivity index (χ1) is 12.5. The first-order valence-corrected chi connectivity index (χ1v) is 10.3. The number of ether oxygens (including phenoxy) is 1. The molecule has 140 valence electrons. The molecule has 2 aromatic rings. The molecule has 1 aromatic carbocycles. The average Bonchev–Trinajstić information content (AvgIpc) is 3.00. The van der Waals surface area contributed by atoms with Crippen LogP contribution in [0, 0.1) is 6.92 Å². The van der Waals surface area contributed by atoms with E-state index in [4.69, 9.17) is 4.74 Å². The lowest BCUT2D eigenvalue weighted by atomic mass is 10.2. The summed E-state index contributed by atoms with van der Waals surface area (Å²) >= 11 is 4.65. The minimum absolute atomic E-state index is 0.127. The molecular weight excluding hydrogens is 416 g/mol. The number of hydrogen-bond donors (Lipinski definition) is 0. The van der Waals surface area contributed by atoms with E-state index in [-0.39, 0.29) is 5.91 Å². The van der Waals surface area contributed by atoms with Gasteiger partial charge in [-0.3, -0.25) is 9.69 Å². The molecule has 0 bridgehead atoms. The number of aryl methyl sites for hydroxylation is 1. The number of unbranched alkanes of at least 4 members (excludes halogenated alkanes) is 2. The Kier molecular flexibility index (Phi) is 7.78. The Bertz CT molecular complexity index is 776. The molecule has 0 atom stereocenters. The van der Waals surface area contributed by atoms with Crippen LogP contribution in [0.2, 0.25) is 0 Å². The number of carbonyl (C=O) groups is 2. The van der Waals surface area contributed by atoms with Crippen molar-refractivity contribution in [1.82, 2.24) is 4.98 Å². The molecule has 0 unspecified atom stereocenters. The molecule has 0 radical (unpaired) electrons. The number of benzene rings is 1. The number of thiazole rings is 1. The summed E-state index contributed by atoms with van der Waals surface area (Å²) in [7, 11) is 0. The zero-order valence-corrected chi connectivity index (χ0v) is 17.7. The number of rotatable bonds is 8. The van der Waals surface area contributed by atoms with Gasteiger partial charge in [-0.15, -0.1) is 0 Å². The maximum Gasteiger partial charge on any atom is 0.350 e. The Balaban J connectivity index is 2.36. The molecule has 0 spiro atoms. The highest BCUT2D eigenvalue weighted by Gasteiger charge is 2.25. The van der Waals surface area contributed by atoms with Gasteiger partial charge in [-0.05, 0) is 48.3 Å². The van der Waals surface area contributed by atoms with Crippen LogP contribution in [0.25, 0.3) is 0 Å². The second kappa shape index (κ2) is 9.83. The summed E-state index contributed by atoms with van der Waals surface area (Å²) in [6.45, 7) is 6.51. The molecule has 0 aliphatic carbocycles. The normalized spacial score (nSPS) is 10.6. The number of anilines is 1. The highest BCUT2D eigenvalue weighted by atomic mass is 79.9. The van der Waals surface area contributed by atoms with Crippen LogP contribution in [0.3, 0.4) is 0 Å². The zero-order valence-electron chi connectivity index (χ0n) is 15.3. The van der Waals surface area contributed by atoms with Crippen molar-refractivity contribution in [2.45, 2.75) is 40.0 Å². The highest BCUT2D eigenvalue weighted by molar-refractivity contribution is 9.10. The predicted molar refractivity (Wildman–Crippen MR) is 108 cm³/mol. The molecule has 2 rings (SSSR count). The summed E-state index contributed by atoms with van der Waals surface area (Å²) in [5, 5.41) is 0.530. The van der Waals surface area contributed by atoms with E-state index < -0.39 is 5.97 Å². The second-order valence-electron chi connectivity index (χ2n) is 5.78. The minimum Gasteiger partial charge on any atom is -0.462 e. The first kappa shape index (κ1) is 20.6. The zero-order chi connectivity index (χ0) is 19.1. The van der Waals surface area contributed by atoms with Crippen LogP contribution in [0.4, 0.5) is 5.13 Å². The van der Waals surface area contributed by atoms with E-state index >= 15 is 0 Å². The molecule has 0 aliphatic rings. The van der Waals surface area contributed by atoms with Crippen molar-refractivity contribution < 1.29 is 14.3 Å². The van der Waals surface area contributed by atoms with Crippen molar-refractivity contribution in [3.63, 3.8) is 0 Å². The number of esters is 1. The fraction of sp³-hybridized carbons (Fsp3) is 0.421. The van der Waals surface area contributed by atoms with Crippen molar-refractivity contribution in [2.24, 2.45) is 0 Å². The Labute approximate surface area is 166 Å². The van der Waals surface area contributed by atoms with E-state index in [0.29, 0.717) is 34.4 Å². The van der Waals surface area contributed by atoms with Crippen LogP contribution < -0.4 is 4.90 Å². The lowest BCUT2D eigenvalue weighted by molar-refractivity contribution is 0.0531. The molecule has 26 heavy (non-hydrogen) atoms. The van der Waals surface area contributed by atoms with Crippen molar-refractivity contribution in [3.05, 3.63) is 44.9 Å². The topological polar surface area (TPSA) is 59.5 Å². The molecular formula is C19H23BrN2O3S. The van der Waals surface area contributed by atoms with Gasteiger partial charge >= 0.3 is 5.97 Å². The average molecular weight is 439 g/mol. The molecule has 0 N–H and O–H groups in total. The number of hydrogen-bond acceptors (Lipinski definition) is 5. The summed E-state index contributed by atoms with van der Waals surface area (Å²) in [6.07, 6.45) is 2.96. The van der Waals surface area contributed by atoms with Gasteiger partial charge in [0.15, 0.2) is 5.13 Å². The van der Waals surface area contributed by atoms with Gasteiger partial charge in [0.05, 0.1) is 17.9 Å². The maximum atomic E-state index is 13.1. The summed E-state index contributed by atoms with van der Waals surface area (Å²) in [6, 6.07) is 7.33. The number of halogens is 1. The van der Waals surface area contributed by atoms with Gasteiger partial charge in [0, 0.05) is 11.0 Å². The van der Waals surface area contributed by atoms with Crippen molar-refractivity contribution in [1.29, 1.82) is 0 Å². The third-order valence-corrected chi connectivity index (χ3v) is 5.66. The van der Waals surface area contributed by atoms with Crippen LogP contribution in [0.5, 0.6) is 0 Å². The first-order valence-electron chi connectivity index (χ1n) is 8.70. The van der Waals surface area contributed by atoms with E-state index in [1.54, 1.807) is 24.8 Å². The lowest BCUT2D eigenvalue weighted by Gasteiger charge is -2.20. The molecule has 5 nitrogen and oxygen atoms in total. The molecule has 0 saturated heterocycles. The molecule has 0 saturated carbocycles. The number of amides is 1. The smallest absolute Gasteiger partial charge is 0.350 e. The van der Waals surface area contributed by atoms with Crippen LogP contribution in [-0.4, -0.2) is 30.0 Å². The molecule has 1 aromatic heterocycles. The number of nitrogens with zero attached hydrogens (tertiary/aromatic N) is 2. The van der Waals surface area contributed by atoms with E-state index in [2.05, 4.69) is 27.8 Å². The van der Waals surface area contributed by atoms with Crippen LogP contribution in [0.15, 0.2) is 28.7 Å². The SMILES string of the molecule is CCCCCN(C(=O)c1ccccc1Br)c1nc(C)c(C(=O)OCC)s1. The summed E-state index contributed by atoms with van der Waals surface area (Å²) < 4.78 is 5.83. The number of carbonyl (C=O) groups excluding carboxylic acids is 2. The molecule has 0 fully saturated rings. The third kappa shape index (κ3) is 4.92. The Morgan fingerprint density at radius 1 is 1.23 bits per heavy atom. The maximum absolute atomic E-state index is 13.1. The van der Waals surface area contributed by atoms with Gasteiger partial charge in [0.1, 0.15) is 4.88 Å². The summed E-state index contributed by atoms with van der Waals surface area (Å²) in [5.41, 5.74) is 1.17. The van der Waals surface area contributed by atoms with Crippen molar-refractivity contribution in [2.75, 3.05) is 18.1 Å². The van der Waals surface area contributed by atoms with Gasteiger partial charge in [-0.2, -0.15) is 0 Å². The van der Waals surface area contributed by atoms with Crippen LogP contribution in [-0.2, 0) is 4.74 Å². The predicted octanol–water partition coefficient (Wildman–Crippen LogP) is 5.23. The van der Waals surface area contributed by atoms with E-state index in [0.717, 1.165) is 23.7 Å². The van der Waals surface area contributed by atoms with E-state index in [1.807, 2.05) is 18.2 Å². The fourth-order valence-corrected chi connectivity index (χ4v) is 3.91. The van der Waals surface area contributed by atoms with E-state index in [9.17, 15) is 9.59 Å². The monoisotopic (exact) mass is 438 g/mol. The Morgan fingerprint density at radius 3 is 2.62 bits per heavy atom. The van der Waals surface area contributed by atoms with E-state index in [1.165, 1.54) is 11.3 Å². The molecule has 1 heterocycles. The lowest BCUT2D eigenvalue weighted by Crippen LogP contribution is -2.32. The van der Waals surface area contributed by atoms with Gasteiger partial charge in [-0.25, -0.2) is 9.78 Å². The molecule has 1 amide bonds. The van der Waals surface area contributed by atoms with Crippen LogP contribution >= 0.6 is 27.3 Å². The second-order valence-corrected chi connectivity index (χ2v) is 7.61. The fourth-order valence-electron chi connectivity index (χ4n) is 2.47. The Hall–Kier alpha value is -1.73. The molecule has 7 heteroatoms. The third-order valence-electron chi connectivity index (χ3n) is 3.81. The quantitative estimate of drug-likeness (QED) is 0.418. The van der Waals surface area contributed by atoms with Gasteiger partial charge in [0.25, 0.3) is 5.91 Å². The van der Waals surface area contributed by atoms with Crippen molar-refractivity contribution >= 4 is 44.3 Å². The van der Waals surface area contributed by atoms with Crippen LogP contribution in [0.1, 0.15) is 58.8 Å². The van der Waals surface area contributed by atoms with Gasteiger partial charge in [-0.1, -0.05) is 43.2 Å². The summed E-state index contributed by atoms with van der Waals surface area (Å²) in [5.74, 6) is -0.520. The standard InChI is InChI=1S/C19H23BrN2O3S/c1-4-6-9-12-22(17(23)14-10-7-8-11-15(14)20)19-21-13(3)16(26-19)18(24)25-5-2/h7-8,10-11H,4-6,9,12H2,1-3H3. The highest BCUT2D eigenvalue weighted by Crippen LogP contribution is 2.29. The number of aromatic nitrogens is 1. The van der Waals surface area contributed by atoms with Gasteiger partial charge < -0.3 is 4.74 Å².